The second-order valence-corrected chi connectivity index (χ2v) is 10.2. The maximum absolute atomic E-state index is 13.5. The zero-order valence-corrected chi connectivity index (χ0v) is 20.0. The third kappa shape index (κ3) is 5.68. The van der Waals surface area contributed by atoms with E-state index in [1.54, 1.807) is 54.6 Å². The number of urea groups is 1. The molecule has 9 nitrogen and oxygen atoms in total. The summed E-state index contributed by atoms with van der Waals surface area (Å²) in [5.41, 5.74) is 1.34. The number of carbonyl (C=O) groups is 3. The highest BCUT2D eigenvalue weighted by Gasteiger charge is 2.29. The van der Waals surface area contributed by atoms with Crippen LogP contribution >= 0.6 is 11.6 Å². The zero-order chi connectivity index (χ0) is 25.2. The van der Waals surface area contributed by atoms with Gasteiger partial charge in [-0.3, -0.25) is 20.2 Å². The number of amides is 4. The maximum Gasteiger partial charge on any atom is 0.328 e. The van der Waals surface area contributed by atoms with E-state index in [-0.39, 0.29) is 35.1 Å². The molecular formula is C24H20ClN3O6S. The van der Waals surface area contributed by atoms with Crippen molar-refractivity contribution >= 4 is 45.5 Å². The van der Waals surface area contributed by atoms with Crippen LogP contribution in [0.5, 0.6) is 0 Å². The molecule has 0 bridgehead atoms. The minimum atomic E-state index is -3.91. The van der Waals surface area contributed by atoms with E-state index in [9.17, 15) is 22.8 Å². The largest absolute Gasteiger partial charge is 0.460 e. The summed E-state index contributed by atoms with van der Waals surface area (Å²) >= 11 is 5.96. The highest BCUT2D eigenvalue weighted by Crippen LogP contribution is 2.24. The quantitative estimate of drug-likeness (QED) is 0.368. The standard InChI is InChI=1S/C24H20ClN3O6S/c1-15-2-10-20(11-3-15)35(32,33)28(13-16-4-6-17(25)7-5-16)14-19-9-8-18(34-19)12-21-22(29)26-24(31)27-23(21)30/h2-12H,13-14H2,1H3,(H2,26,27,29,30,31). The number of hydrogen-bond donors (Lipinski definition) is 2. The van der Waals surface area contributed by atoms with Crippen LogP contribution in [0.15, 0.2) is 75.5 Å². The molecule has 1 aliphatic rings. The van der Waals surface area contributed by atoms with Crippen molar-refractivity contribution in [3.05, 3.63) is 93.9 Å². The van der Waals surface area contributed by atoms with Crippen LogP contribution in [0.1, 0.15) is 22.6 Å². The highest BCUT2D eigenvalue weighted by atomic mass is 35.5. The first kappa shape index (κ1) is 24.4. The van der Waals surface area contributed by atoms with E-state index < -0.39 is 27.9 Å². The molecule has 0 aliphatic carbocycles. The molecule has 180 valence electrons. The molecule has 11 heteroatoms. The number of nitrogens with zero attached hydrogens (tertiary/aromatic N) is 1. The second-order valence-electron chi connectivity index (χ2n) is 7.81. The Balaban J connectivity index is 1.63. The van der Waals surface area contributed by atoms with Gasteiger partial charge in [-0.05, 0) is 55.0 Å². The predicted octanol–water partition coefficient (Wildman–Crippen LogP) is 3.38. The molecule has 1 aromatic heterocycles. The molecule has 0 unspecified atom stereocenters. The normalized spacial score (nSPS) is 14.1. The van der Waals surface area contributed by atoms with Crippen LogP contribution < -0.4 is 10.6 Å². The van der Waals surface area contributed by atoms with E-state index in [1.807, 2.05) is 17.6 Å². The molecule has 4 rings (SSSR count). The summed E-state index contributed by atoms with van der Waals surface area (Å²) in [6.07, 6.45) is 1.18. The van der Waals surface area contributed by atoms with Crippen molar-refractivity contribution in [1.82, 2.24) is 14.9 Å². The number of halogens is 1. The van der Waals surface area contributed by atoms with Crippen LogP contribution in [0.25, 0.3) is 6.08 Å². The van der Waals surface area contributed by atoms with Gasteiger partial charge in [0, 0.05) is 11.6 Å². The summed E-state index contributed by atoms with van der Waals surface area (Å²) in [6, 6.07) is 15.5. The lowest BCUT2D eigenvalue weighted by molar-refractivity contribution is -0.123. The Hall–Kier alpha value is -3.73. The van der Waals surface area contributed by atoms with Gasteiger partial charge in [-0.2, -0.15) is 4.31 Å². The number of aryl methyl sites for hydroxylation is 1. The minimum Gasteiger partial charge on any atom is -0.460 e. The van der Waals surface area contributed by atoms with Gasteiger partial charge in [0.15, 0.2) is 0 Å². The van der Waals surface area contributed by atoms with Crippen LogP contribution in [0.2, 0.25) is 5.02 Å². The van der Waals surface area contributed by atoms with Crippen LogP contribution in [-0.2, 0) is 32.7 Å². The molecule has 2 N–H and O–H groups in total. The summed E-state index contributed by atoms with van der Waals surface area (Å²) in [7, 11) is -3.91. The minimum absolute atomic E-state index is 0.0530. The Kier molecular flexibility index (Phi) is 6.88. The topological polar surface area (TPSA) is 126 Å². The Morgan fingerprint density at radius 1 is 0.886 bits per heavy atom. The van der Waals surface area contributed by atoms with Crippen molar-refractivity contribution in [2.24, 2.45) is 0 Å². The van der Waals surface area contributed by atoms with Gasteiger partial charge < -0.3 is 4.42 Å². The fraction of sp³-hybridized carbons (Fsp3) is 0.125. The third-order valence-corrected chi connectivity index (χ3v) is 7.23. The second kappa shape index (κ2) is 9.87. The van der Waals surface area contributed by atoms with Gasteiger partial charge in [-0.1, -0.05) is 41.4 Å². The molecule has 0 atom stereocenters. The first-order valence-corrected chi connectivity index (χ1v) is 12.2. The van der Waals surface area contributed by atoms with Crippen molar-refractivity contribution in [3.8, 4) is 0 Å². The van der Waals surface area contributed by atoms with Gasteiger partial charge in [0.05, 0.1) is 11.4 Å². The molecule has 0 spiro atoms. The van der Waals surface area contributed by atoms with Crippen LogP contribution in [-0.4, -0.2) is 30.6 Å². The van der Waals surface area contributed by atoms with Gasteiger partial charge in [-0.15, -0.1) is 0 Å². The van der Waals surface area contributed by atoms with Gasteiger partial charge in [0.25, 0.3) is 11.8 Å². The van der Waals surface area contributed by atoms with Crippen molar-refractivity contribution in [3.63, 3.8) is 0 Å². The van der Waals surface area contributed by atoms with Gasteiger partial charge in [0.2, 0.25) is 10.0 Å². The van der Waals surface area contributed by atoms with Gasteiger partial charge in [-0.25, -0.2) is 13.2 Å². The molecule has 4 amide bonds. The molecule has 1 saturated heterocycles. The Morgan fingerprint density at radius 2 is 1.51 bits per heavy atom. The summed E-state index contributed by atoms with van der Waals surface area (Å²) in [6.45, 7) is 1.81. The molecule has 0 saturated carbocycles. The molecule has 35 heavy (non-hydrogen) atoms. The fourth-order valence-electron chi connectivity index (χ4n) is 3.36. The number of benzene rings is 2. The van der Waals surface area contributed by atoms with Crippen molar-refractivity contribution < 1.29 is 27.2 Å². The lowest BCUT2D eigenvalue weighted by Gasteiger charge is -2.21. The fourth-order valence-corrected chi connectivity index (χ4v) is 4.88. The molecule has 3 aromatic rings. The molecule has 2 aromatic carbocycles. The molecule has 2 heterocycles. The van der Waals surface area contributed by atoms with E-state index in [0.717, 1.165) is 11.1 Å². The SMILES string of the molecule is Cc1ccc(S(=O)(=O)N(Cc2ccc(Cl)cc2)Cc2ccc(C=C3C(=O)NC(=O)NC3=O)o2)cc1. The van der Waals surface area contributed by atoms with Crippen LogP contribution in [0, 0.1) is 6.92 Å². The lowest BCUT2D eigenvalue weighted by Crippen LogP contribution is -2.51. The molecular weight excluding hydrogens is 494 g/mol. The summed E-state index contributed by atoms with van der Waals surface area (Å²) in [4.78, 5) is 35.2. The highest BCUT2D eigenvalue weighted by molar-refractivity contribution is 7.89. The van der Waals surface area contributed by atoms with Gasteiger partial charge >= 0.3 is 6.03 Å². The van der Waals surface area contributed by atoms with E-state index in [2.05, 4.69) is 0 Å². The van der Waals surface area contributed by atoms with Crippen molar-refractivity contribution in [1.29, 1.82) is 0 Å². The molecule has 1 aliphatic heterocycles. The number of rotatable bonds is 7. The summed E-state index contributed by atoms with van der Waals surface area (Å²) in [5, 5.41) is 4.48. The third-order valence-electron chi connectivity index (χ3n) is 5.18. The van der Waals surface area contributed by atoms with E-state index >= 15 is 0 Å². The summed E-state index contributed by atoms with van der Waals surface area (Å²) in [5.74, 6) is -1.28. The van der Waals surface area contributed by atoms with Crippen LogP contribution in [0.4, 0.5) is 4.79 Å². The number of sulfonamides is 1. The summed E-state index contributed by atoms with van der Waals surface area (Å²) < 4.78 is 33.9. The smallest absolute Gasteiger partial charge is 0.328 e. The number of imide groups is 2. The maximum atomic E-state index is 13.5. The van der Waals surface area contributed by atoms with Crippen molar-refractivity contribution in [2.75, 3.05) is 0 Å². The van der Waals surface area contributed by atoms with Crippen molar-refractivity contribution in [2.45, 2.75) is 24.9 Å². The Bertz CT molecular complexity index is 1400. The zero-order valence-electron chi connectivity index (χ0n) is 18.4. The average molecular weight is 514 g/mol. The van der Waals surface area contributed by atoms with Crippen LogP contribution in [0.3, 0.4) is 0 Å². The lowest BCUT2D eigenvalue weighted by atomic mass is 10.1. The Morgan fingerprint density at radius 3 is 2.14 bits per heavy atom. The average Bonchev–Trinajstić information content (AvgIpc) is 3.24. The first-order chi connectivity index (χ1) is 16.6. The number of furan rings is 1. The van der Waals surface area contributed by atoms with E-state index in [1.165, 1.54) is 16.4 Å². The number of carbonyl (C=O) groups excluding carboxylic acids is 3. The molecule has 1 fully saturated rings. The Labute approximate surface area is 206 Å². The van der Waals surface area contributed by atoms with Gasteiger partial charge in [0.1, 0.15) is 17.1 Å². The van der Waals surface area contributed by atoms with E-state index in [0.29, 0.717) is 5.02 Å². The predicted molar refractivity (Wildman–Crippen MR) is 127 cm³/mol. The number of hydrogen-bond acceptors (Lipinski definition) is 6. The monoisotopic (exact) mass is 513 g/mol. The van der Waals surface area contributed by atoms with E-state index in [4.69, 9.17) is 16.0 Å². The first-order valence-electron chi connectivity index (χ1n) is 10.4. The number of nitrogens with one attached hydrogen (secondary N) is 2. The molecule has 0 radical (unpaired) electrons. The number of barbiturate groups is 1.